The van der Waals surface area contributed by atoms with Crippen LogP contribution in [0.15, 0.2) is 0 Å². The number of ether oxygens (including phenoxy) is 2. The van der Waals surface area contributed by atoms with Crippen molar-refractivity contribution in [1.29, 1.82) is 0 Å². The lowest BCUT2D eigenvalue weighted by molar-refractivity contribution is -0.205. The zero-order valence-corrected chi connectivity index (χ0v) is 16.4. The lowest BCUT2D eigenvalue weighted by Crippen LogP contribution is -2.52. The Kier molecular flexibility index (Phi) is 4.89. The molecule has 0 radical (unpaired) electrons. The second kappa shape index (κ2) is 5.85. The summed E-state index contributed by atoms with van der Waals surface area (Å²) in [7, 11) is -1.90. The average molecular weight is 331 g/mol. The van der Waals surface area contributed by atoms with Crippen molar-refractivity contribution in [2.45, 2.75) is 77.5 Å². The molecule has 3 atom stereocenters. The van der Waals surface area contributed by atoms with E-state index in [1.165, 1.54) is 0 Å². The van der Waals surface area contributed by atoms with Crippen LogP contribution in [0.3, 0.4) is 0 Å². The SMILES string of the molecule is CC1([C@H](C[C@@H]2C[C@]2(C)CO)O[Si](C)(C)C(C)(C)C)OCCO1. The summed E-state index contributed by atoms with van der Waals surface area (Å²) in [5, 5.41) is 9.70. The van der Waals surface area contributed by atoms with E-state index in [0.717, 1.165) is 12.8 Å². The predicted octanol–water partition coefficient (Wildman–Crippen LogP) is 3.55. The largest absolute Gasteiger partial charge is 0.408 e. The molecule has 1 saturated carbocycles. The van der Waals surface area contributed by atoms with Crippen LogP contribution in [0.4, 0.5) is 0 Å². The van der Waals surface area contributed by atoms with Crippen LogP contribution < -0.4 is 0 Å². The molecule has 0 aromatic rings. The summed E-state index contributed by atoms with van der Waals surface area (Å²) < 4.78 is 18.5. The first-order valence-corrected chi connectivity index (χ1v) is 11.4. The maximum absolute atomic E-state index is 9.55. The van der Waals surface area contributed by atoms with Crippen molar-refractivity contribution < 1.29 is 19.0 Å². The quantitative estimate of drug-likeness (QED) is 0.757. The number of hydrogen-bond acceptors (Lipinski definition) is 4. The molecule has 1 saturated heterocycles. The van der Waals surface area contributed by atoms with Gasteiger partial charge in [-0.3, -0.25) is 0 Å². The molecular weight excluding hydrogens is 296 g/mol. The molecule has 2 fully saturated rings. The minimum atomic E-state index is -1.90. The lowest BCUT2D eigenvalue weighted by Gasteiger charge is -2.43. The molecule has 0 amide bonds. The monoisotopic (exact) mass is 330 g/mol. The molecule has 1 N–H and O–H groups in total. The van der Waals surface area contributed by atoms with Gasteiger partial charge in [0.05, 0.1) is 19.3 Å². The summed E-state index contributed by atoms with van der Waals surface area (Å²) in [4.78, 5) is 0. The summed E-state index contributed by atoms with van der Waals surface area (Å²) in [6.07, 6.45) is 1.91. The van der Waals surface area contributed by atoms with Gasteiger partial charge in [0, 0.05) is 6.61 Å². The van der Waals surface area contributed by atoms with Gasteiger partial charge in [0.15, 0.2) is 14.1 Å². The van der Waals surface area contributed by atoms with E-state index in [2.05, 4.69) is 40.8 Å². The first-order chi connectivity index (χ1) is 9.94. The first kappa shape index (κ1) is 18.4. The summed E-state index contributed by atoms with van der Waals surface area (Å²) in [5.41, 5.74) is 0.0595. The van der Waals surface area contributed by atoms with Crippen molar-refractivity contribution in [2.75, 3.05) is 19.8 Å². The molecular formula is C17H34O4Si. The van der Waals surface area contributed by atoms with Gasteiger partial charge in [-0.1, -0.05) is 27.7 Å². The number of rotatable bonds is 6. The van der Waals surface area contributed by atoms with Crippen molar-refractivity contribution in [2.24, 2.45) is 11.3 Å². The molecule has 0 aromatic carbocycles. The van der Waals surface area contributed by atoms with Crippen molar-refractivity contribution in [1.82, 2.24) is 0 Å². The standard InChI is InChI=1S/C17H34O4Si/c1-15(2,3)22(6,7)21-14(17(5)19-8-9-20-17)10-13-11-16(13,4)12-18/h13-14,18H,8-12H2,1-7H3/t13-,14+,16-/m1/s1. The predicted molar refractivity (Wildman–Crippen MR) is 90.3 cm³/mol. The maximum atomic E-state index is 9.55. The van der Waals surface area contributed by atoms with Gasteiger partial charge in [-0.25, -0.2) is 0 Å². The van der Waals surface area contributed by atoms with Gasteiger partial charge < -0.3 is 19.0 Å². The molecule has 4 nitrogen and oxygen atoms in total. The summed E-state index contributed by atoms with van der Waals surface area (Å²) >= 11 is 0. The topological polar surface area (TPSA) is 47.9 Å². The van der Waals surface area contributed by atoms with Crippen LogP contribution in [0.25, 0.3) is 0 Å². The van der Waals surface area contributed by atoms with Crippen LogP contribution in [0.2, 0.25) is 18.1 Å². The van der Waals surface area contributed by atoms with Crippen LogP contribution in [0, 0.1) is 11.3 Å². The van der Waals surface area contributed by atoms with E-state index in [1.807, 2.05) is 6.92 Å². The summed E-state index contributed by atoms with van der Waals surface area (Å²) in [6, 6.07) is 0. The highest BCUT2D eigenvalue weighted by molar-refractivity contribution is 6.74. The molecule has 1 aliphatic heterocycles. The van der Waals surface area contributed by atoms with Crippen molar-refractivity contribution in [3.63, 3.8) is 0 Å². The molecule has 2 aliphatic rings. The van der Waals surface area contributed by atoms with Gasteiger partial charge in [-0.05, 0) is 49.2 Å². The maximum Gasteiger partial charge on any atom is 0.192 e. The Morgan fingerprint density at radius 2 is 1.77 bits per heavy atom. The number of aliphatic hydroxyl groups is 1. The fourth-order valence-electron chi connectivity index (χ4n) is 2.94. The Morgan fingerprint density at radius 1 is 1.23 bits per heavy atom. The van der Waals surface area contributed by atoms with E-state index in [0.29, 0.717) is 19.1 Å². The zero-order chi connectivity index (χ0) is 16.8. The minimum Gasteiger partial charge on any atom is -0.408 e. The molecule has 0 spiro atoms. The Hall–Kier alpha value is 0.0569. The third kappa shape index (κ3) is 3.59. The molecule has 130 valence electrons. The van der Waals surface area contributed by atoms with Crippen LogP contribution in [0.1, 0.15) is 47.5 Å². The number of hydrogen-bond donors (Lipinski definition) is 1. The van der Waals surface area contributed by atoms with Gasteiger partial charge in [-0.15, -0.1) is 0 Å². The highest BCUT2D eigenvalue weighted by Gasteiger charge is 2.55. The molecule has 0 unspecified atom stereocenters. The fraction of sp³-hybridized carbons (Fsp3) is 1.00. The van der Waals surface area contributed by atoms with E-state index >= 15 is 0 Å². The molecule has 5 heteroatoms. The summed E-state index contributed by atoms with van der Waals surface area (Å²) in [6.45, 7) is 17.0. The molecule has 1 aliphatic carbocycles. The Bertz CT molecular complexity index is 398. The van der Waals surface area contributed by atoms with Crippen LogP contribution in [0.5, 0.6) is 0 Å². The third-order valence-corrected chi connectivity index (χ3v) is 10.6. The highest BCUT2D eigenvalue weighted by atomic mass is 28.4. The fourth-order valence-corrected chi connectivity index (χ4v) is 4.32. The van der Waals surface area contributed by atoms with Gasteiger partial charge in [-0.2, -0.15) is 0 Å². The zero-order valence-electron chi connectivity index (χ0n) is 15.4. The first-order valence-electron chi connectivity index (χ1n) is 8.50. The van der Waals surface area contributed by atoms with Gasteiger partial charge in [0.25, 0.3) is 0 Å². The van der Waals surface area contributed by atoms with Crippen LogP contribution in [-0.2, 0) is 13.9 Å². The third-order valence-electron chi connectivity index (χ3n) is 6.09. The smallest absolute Gasteiger partial charge is 0.192 e. The normalized spacial score (nSPS) is 33.0. The minimum absolute atomic E-state index is 0.0595. The van der Waals surface area contributed by atoms with E-state index in [1.54, 1.807) is 0 Å². The van der Waals surface area contributed by atoms with Gasteiger partial charge in [0.2, 0.25) is 0 Å². The van der Waals surface area contributed by atoms with E-state index in [4.69, 9.17) is 13.9 Å². The van der Waals surface area contributed by atoms with E-state index in [9.17, 15) is 5.11 Å². The Labute approximate surface area is 136 Å². The van der Waals surface area contributed by atoms with Crippen LogP contribution in [-0.4, -0.2) is 45.1 Å². The average Bonchev–Trinajstić information content (AvgIpc) is 2.81. The van der Waals surface area contributed by atoms with Crippen molar-refractivity contribution in [3.05, 3.63) is 0 Å². The molecule has 1 heterocycles. The molecule has 0 bridgehead atoms. The van der Waals surface area contributed by atoms with Gasteiger partial charge >= 0.3 is 0 Å². The molecule has 2 rings (SSSR count). The lowest BCUT2D eigenvalue weighted by atomic mass is 10.00. The van der Waals surface area contributed by atoms with Crippen molar-refractivity contribution >= 4 is 8.32 Å². The second-order valence-electron chi connectivity index (χ2n) is 9.03. The highest BCUT2D eigenvalue weighted by Crippen LogP contribution is 2.56. The van der Waals surface area contributed by atoms with E-state index in [-0.39, 0.29) is 23.2 Å². The van der Waals surface area contributed by atoms with E-state index < -0.39 is 14.1 Å². The molecule has 22 heavy (non-hydrogen) atoms. The van der Waals surface area contributed by atoms with Gasteiger partial charge in [0.1, 0.15) is 0 Å². The Morgan fingerprint density at radius 3 is 2.18 bits per heavy atom. The Balaban J connectivity index is 2.13. The summed E-state index contributed by atoms with van der Waals surface area (Å²) in [5.74, 6) is -0.147. The second-order valence-corrected chi connectivity index (χ2v) is 13.8. The molecule has 0 aromatic heterocycles. The van der Waals surface area contributed by atoms with Crippen LogP contribution >= 0.6 is 0 Å². The van der Waals surface area contributed by atoms with Crippen molar-refractivity contribution in [3.8, 4) is 0 Å². The number of aliphatic hydroxyl groups excluding tert-OH is 1.